The maximum absolute atomic E-state index is 12.4. The van der Waals surface area contributed by atoms with Gasteiger partial charge in [0.1, 0.15) is 0 Å². The van der Waals surface area contributed by atoms with Crippen LogP contribution < -0.4 is 11.1 Å². The van der Waals surface area contributed by atoms with E-state index in [2.05, 4.69) is 5.32 Å². The summed E-state index contributed by atoms with van der Waals surface area (Å²) in [6.07, 6.45) is 6.87. The summed E-state index contributed by atoms with van der Waals surface area (Å²) in [5.41, 5.74) is 5.35. The van der Waals surface area contributed by atoms with Gasteiger partial charge in [0.2, 0.25) is 11.8 Å². The Balaban J connectivity index is 0.00000200. The second-order valence-electron chi connectivity index (χ2n) is 5.65. The second-order valence-corrected chi connectivity index (χ2v) is 5.65. The number of piperidine rings is 1. The fourth-order valence-corrected chi connectivity index (χ4v) is 2.84. The van der Waals surface area contributed by atoms with Crippen molar-refractivity contribution in [1.29, 1.82) is 0 Å². The molecule has 0 spiro atoms. The molecule has 1 saturated heterocycles. The molecule has 5 nitrogen and oxygen atoms in total. The van der Waals surface area contributed by atoms with E-state index in [1.54, 1.807) is 0 Å². The first-order valence-corrected chi connectivity index (χ1v) is 7.49. The third-order valence-corrected chi connectivity index (χ3v) is 4.27. The van der Waals surface area contributed by atoms with Crippen LogP contribution in [0.25, 0.3) is 0 Å². The van der Waals surface area contributed by atoms with Crippen molar-refractivity contribution in [2.75, 3.05) is 19.6 Å². The summed E-state index contributed by atoms with van der Waals surface area (Å²) in [4.78, 5) is 25.8. The number of nitrogens with zero attached hydrogens (tertiary/aromatic N) is 1. The van der Waals surface area contributed by atoms with Gasteiger partial charge in [0.05, 0.1) is 0 Å². The van der Waals surface area contributed by atoms with Crippen molar-refractivity contribution in [1.82, 2.24) is 10.2 Å². The average molecular weight is 304 g/mol. The molecule has 1 aliphatic heterocycles. The molecule has 6 heteroatoms. The number of rotatable bonds is 5. The van der Waals surface area contributed by atoms with Gasteiger partial charge in [0.15, 0.2) is 0 Å². The van der Waals surface area contributed by atoms with Crippen LogP contribution in [0.4, 0.5) is 0 Å². The van der Waals surface area contributed by atoms with Gasteiger partial charge in [-0.05, 0) is 32.1 Å². The Labute approximate surface area is 127 Å². The van der Waals surface area contributed by atoms with Crippen LogP contribution in [0.3, 0.4) is 0 Å². The van der Waals surface area contributed by atoms with E-state index in [0.717, 1.165) is 38.6 Å². The van der Waals surface area contributed by atoms with Gasteiger partial charge in [-0.15, -0.1) is 12.4 Å². The Bertz CT molecular complexity index is 334. The number of halogens is 1. The van der Waals surface area contributed by atoms with Crippen molar-refractivity contribution < 1.29 is 9.59 Å². The molecule has 0 aromatic rings. The number of hydrogen-bond acceptors (Lipinski definition) is 3. The molecule has 0 aromatic carbocycles. The van der Waals surface area contributed by atoms with Gasteiger partial charge >= 0.3 is 0 Å². The van der Waals surface area contributed by atoms with Crippen LogP contribution >= 0.6 is 12.4 Å². The highest BCUT2D eigenvalue weighted by atomic mass is 35.5. The van der Waals surface area contributed by atoms with Gasteiger partial charge in [-0.1, -0.05) is 6.42 Å². The molecule has 116 valence electrons. The number of likely N-dealkylation sites (tertiary alicyclic amines) is 1. The predicted molar refractivity (Wildman–Crippen MR) is 80.6 cm³/mol. The van der Waals surface area contributed by atoms with E-state index in [1.807, 2.05) is 4.90 Å². The smallest absolute Gasteiger partial charge is 0.225 e. The van der Waals surface area contributed by atoms with Gasteiger partial charge in [-0.25, -0.2) is 0 Å². The first-order chi connectivity index (χ1) is 9.22. The fourth-order valence-electron chi connectivity index (χ4n) is 2.84. The van der Waals surface area contributed by atoms with Crippen LogP contribution in [0, 0.1) is 5.92 Å². The van der Waals surface area contributed by atoms with E-state index in [1.165, 1.54) is 6.42 Å². The lowest BCUT2D eigenvalue weighted by atomic mass is 9.83. The zero-order valence-corrected chi connectivity index (χ0v) is 12.8. The lowest BCUT2D eigenvalue weighted by molar-refractivity contribution is -0.142. The molecule has 1 aliphatic carbocycles. The molecule has 0 aromatic heterocycles. The first-order valence-electron chi connectivity index (χ1n) is 7.49. The summed E-state index contributed by atoms with van der Waals surface area (Å²) in [5, 5.41) is 2.90. The van der Waals surface area contributed by atoms with Crippen LogP contribution in [0.1, 0.15) is 44.9 Å². The van der Waals surface area contributed by atoms with Crippen LogP contribution in [-0.4, -0.2) is 42.4 Å². The number of carbonyl (C=O) groups is 2. The van der Waals surface area contributed by atoms with E-state index in [-0.39, 0.29) is 30.3 Å². The minimum Gasteiger partial charge on any atom is -0.354 e. The third-order valence-electron chi connectivity index (χ3n) is 4.27. The standard InChI is InChI=1S/C14H25N3O2.ClH/c15-8-7-13(18)16-10-12-6-1-2-9-17(12)14(19)11-4-3-5-11;/h11-12H,1-10,15H2,(H,16,18);1H. The summed E-state index contributed by atoms with van der Waals surface area (Å²) in [6, 6.07) is 0.184. The summed E-state index contributed by atoms with van der Waals surface area (Å²) in [5.74, 6) is 0.550. The molecule has 20 heavy (non-hydrogen) atoms. The molecule has 0 bridgehead atoms. The van der Waals surface area contributed by atoms with Crippen molar-refractivity contribution in [3.8, 4) is 0 Å². The zero-order valence-electron chi connectivity index (χ0n) is 12.0. The largest absolute Gasteiger partial charge is 0.354 e. The van der Waals surface area contributed by atoms with Crippen molar-refractivity contribution in [3.63, 3.8) is 0 Å². The van der Waals surface area contributed by atoms with E-state index in [4.69, 9.17) is 5.73 Å². The first kappa shape index (κ1) is 17.2. The Morgan fingerprint density at radius 1 is 1.15 bits per heavy atom. The van der Waals surface area contributed by atoms with Crippen LogP contribution in [0.15, 0.2) is 0 Å². The van der Waals surface area contributed by atoms with E-state index in [9.17, 15) is 9.59 Å². The Morgan fingerprint density at radius 2 is 1.90 bits per heavy atom. The van der Waals surface area contributed by atoms with Crippen molar-refractivity contribution in [2.24, 2.45) is 11.7 Å². The van der Waals surface area contributed by atoms with Crippen LogP contribution in [-0.2, 0) is 9.59 Å². The van der Waals surface area contributed by atoms with Crippen LogP contribution in [0.5, 0.6) is 0 Å². The van der Waals surface area contributed by atoms with Crippen molar-refractivity contribution in [2.45, 2.75) is 51.0 Å². The highest BCUT2D eigenvalue weighted by Crippen LogP contribution is 2.30. The van der Waals surface area contributed by atoms with E-state index in [0.29, 0.717) is 25.4 Å². The molecule has 2 aliphatic rings. The van der Waals surface area contributed by atoms with Gasteiger partial charge in [-0.3, -0.25) is 9.59 Å². The molecule has 1 heterocycles. The summed E-state index contributed by atoms with van der Waals surface area (Å²) in [7, 11) is 0. The lowest BCUT2D eigenvalue weighted by Crippen LogP contribution is -2.52. The molecule has 1 atom stereocenters. The number of hydrogen-bond donors (Lipinski definition) is 2. The maximum Gasteiger partial charge on any atom is 0.225 e. The zero-order chi connectivity index (χ0) is 13.7. The van der Waals surface area contributed by atoms with Gasteiger partial charge in [0.25, 0.3) is 0 Å². The number of nitrogens with two attached hydrogens (primary N) is 1. The third kappa shape index (κ3) is 4.35. The van der Waals surface area contributed by atoms with Gasteiger partial charge in [-0.2, -0.15) is 0 Å². The maximum atomic E-state index is 12.4. The monoisotopic (exact) mass is 303 g/mol. The van der Waals surface area contributed by atoms with Crippen molar-refractivity contribution in [3.05, 3.63) is 0 Å². The topological polar surface area (TPSA) is 75.4 Å². The minimum absolute atomic E-state index is 0. The number of nitrogens with one attached hydrogen (secondary N) is 1. The fraction of sp³-hybridized carbons (Fsp3) is 0.857. The molecule has 2 amide bonds. The normalized spacial score (nSPS) is 22.6. The Hall–Kier alpha value is -0.810. The minimum atomic E-state index is -0.0101. The molecule has 1 saturated carbocycles. The summed E-state index contributed by atoms with van der Waals surface area (Å²) in [6.45, 7) is 1.81. The second kappa shape index (κ2) is 8.47. The molecule has 0 radical (unpaired) electrons. The molecule has 3 N–H and O–H groups in total. The summed E-state index contributed by atoms with van der Waals surface area (Å²) < 4.78 is 0. The molecule has 2 rings (SSSR count). The van der Waals surface area contributed by atoms with Crippen molar-refractivity contribution >= 4 is 24.2 Å². The predicted octanol–water partition coefficient (Wildman–Crippen LogP) is 1.05. The summed E-state index contributed by atoms with van der Waals surface area (Å²) >= 11 is 0. The Kier molecular flexibility index (Phi) is 7.30. The van der Waals surface area contributed by atoms with E-state index < -0.39 is 0 Å². The quantitative estimate of drug-likeness (QED) is 0.797. The van der Waals surface area contributed by atoms with Gasteiger partial charge in [0, 0.05) is 38.0 Å². The van der Waals surface area contributed by atoms with Gasteiger partial charge < -0.3 is 16.0 Å². The molecular weight excluding hydrogens is 278 g/mol. The molecular formula is C14H26ClN3O2. The molecule has 2 fully saturated rings. The van der Waals surface area contributed by atoms with Crippen LogP contribution in [0.2, 0.25) is 0 Å². The lowest BCUT2D eigenvalue weighted by Gasteiger charge is -2.40. The Morgan fingerprint density at radius 3 is 2.50 bits per heavy atom. The average Bonchev–Trinajstić information content (AvgIpc) is 2.35. The van der Waals surface area contributed by atoms with E-state index >= 15 is 0 Å². The highest BCUT2D eigenvalue weighted by Gasteiger charge is 2.34. The SMILES string of the molecule is Cl.NCCC(=O)NCC1CCCCN1C(=O)C1CCC1. The highest BCUT2D eigenvalue weighted by molar-refractivity contribution is 5.85. The number of amides is 2. The molecule has 1 unspecified atom stereocenters. The number of carbonyl (C=O) groups excluding carboxylic acids is 2.